The van der Waals surface area contributed by atoms with Crippen LogP contribution in [0.3, 0.4) is 0 Å². The number of carbonyl (C=O) groups is 2. The average molecular weight is 409 g/mol. The van der Waals surface area contributed by atoms with Crippen LogP contribution in [0.2, 0.25) is 0 Å². The molecule has 0 unspecified atom stereocenters. The van der Waals surface area contributed by atoms with Crippen LogP contribution in [0.1, 0.15) is 17.3 Å². The van der Waals surface area contributed by atoms with E-state index in [1.807, 2.05) is 0 Å². The Morgan fingerprint density at radius 1 is 1.00 bits per heavy atom. The van der Waals surface area contributed by atoms with Gasteiger partial charge < -0.3 is 4.74 Å². The van der Waals surface area contributed by atoms with Gasteiger partial charge in [0.05, 0.1) is 4.90 Å². The van der Waals surface area contributed by atoms with Gasteiger partial charge in [-0.1, -0.05) is 0 Å². The van der Waals surface area contributed by atoms with Crippen molar-refractivity contribution in [2.24, 2.45) is 0 Å². The zero-order valence-corrected chi connectivity index (χ0v) is 16.3. The van der Waals surface area contributed by atoms with Gasteiger partial charge in [-0.25, -0.2) is 17.1 Å². The summed E-state index contributed by atoms with van der Waals surface area (Å²) < 4.78 is 43.3. The molecule has 1 atom stereocenters. The molecule has 2 N–H and O–H groups in total. The smallest absolute Gasteiger partial charge is 0.279 e. The van der Waals surface area contributed by atoms with Gasteiger partial charge in [0.2, 0.25) is 10.0 Å². The van der Waals surface area contributed by atoms with Gasteiger partial charge >= 0.3 is 0 Å². The highest BCUT2D eigenvalue weighted by atomic mass is 32.2. The molecule has 28 heavy (non-hydrogen) atoms. The lowest BCUT2D eigenvalue weighted by Gasteiger charge is -2.15. The Morgan fingerprint density at radius 3 is 2.11 bits per heavy atom. The summed E-state index contributed by atoms with van der Waals surface area (Å²) in [6.07, 6.45) is -0.946. The van der Waals surface area contributed by atoms with E-state index in [4.69, 9.17) is 4.74 Å². The summed E-state index contributed by atoms with van der Waals surface area (Å²) in [4.78, 5) is 24.1. The van der Waals surface area contributed by atoms with Crippen molar-refractivity contribution >= 4 is 21.8 Å². The second kappa shape index (κ2) is 8.81. The van der Waals surface area contributed by atoms with Crippen molar-refractivity contribution in [3.63, 3.8) is 0 Å². The first kappa shape index (κ1) is 21.3. The minimum Gasteiger partial charge on any atom is -0.481 e. The Hall–Kier alpha value is -2.98. The van der Waals surface area contributed by atoms with E-state index in [0.717, 1.165) is 4.31 Å². The second-order valence-electron chi connectivity index (χ2n) is 5.97. The van der Waals surface area contributed by atoms with Crippen LogP contribution in [-0.2, 0) is 14.8 Å². The molecular formula is C18H20FN3O5S. The monoisotopic (exact) mass is 409 g/mol. The van der Waals surface area contributed by atoms with Gasteiger partial charge in [0.15, 0.2) is 6.10 Å². The Balaban J connectivity index is 1.92. The molecule has 0 aliphatic rings. The highest BCUT2D eigenvalue weighted by Gasteiger charge is 2.19. The molecular weight excluding hydrogens is 389 g/mol. The zero-order chi connectivity index (χ0) is 20.9. The summed E-state index contributed by atoms with van der Waals surface area (Å²) in [6.45, 7) is 1.46. The molecule has 150 valence electrons. The van der Waals surface area contributed by atoms with Gasteiger partial charge in [-0.2, -0.15) is 0 Å². The molecule has 2 amide bonds. The van der Waals surface area contributed by atoms with Crippen LogP contribution in [0.15, 0.2) is 53.4 Å². The fourth-order valence-corrected chi connectivity index (χ4v) is 2.95. The Bertz CT molecular complexity index is 944. The molecule has 2 rings (SSSR count). The molecule has 0 spiro atoms. The van der Waals surface area contributed by atoms with E-state index in [1.54, 1.807) is 0 Å². The minimum absolute atomic E-state index is 0.0411. The van der Waals surface area contributed by atoms with E-state index in [1.165, 1.54) is 69.6 Å². The van der Waals surface area contributed by atoms with Crippen molar-refractivity contribution in [1.29, 1.82) is 0 Å². The number of nitrogens with one attached hydrogen (secondary N) is 2. The Labute approximate surface area is 162 Å². The molecule has 0 radical (unpaired) electrons. The van der Waals surface area contributed by atoms with Crippen molar-refractivity contribution in [2.45, 2.75) is 17.9 Å². The third kappa shape index (κ3) is 5.27. The van der Waals surface area contributed by atoms with Crippen LogP contribution in [-0.4, -0.2) is 44.7 Å². The number of amides is 2. The van der Waals surface area contributed by atoms with Crippen molar-refractivity contribution in [2.75, 3.05) is 14.1 Å². The first-order valence-corrected chi connectivity index (χ1v) is 9.60. The van der Waals surface area contributed by atoms with Crippen LogP contribution >= 0.6 is 0 Å². The molecule has 0 bridgehead atoms. The Morgan fingerprint density at radius 2 is 1.57 bits per heavy atom. The van der Waals surface area contributed by atoms with Gasteiger partial charge in [-0.05, 0) is 55.5 Å². The lowest BCUT2D eigenvalue weighted by atomic mass is 10.2. The summed E-state index contributed by atoms with van der Waals surface area (Å²) in [5, 5.41) is 0. The fraction of sp³-hybridized carbons (Fsp3) is 0.222. The van der Waals surface area contributed by atoms with Crippen molar-refractivity contribution < 1.29 is 27.1 Å². The van der Waals surface area contributed by atoms with E-state index >= 15 is 0 Å². The van der Waals surface area contributed by atoms with Crippen LogP contribution in [0.25, 0.3) is 0 Å². The van der Waals surface area contributed by atoms with Crippen LogP contribution in [0.4, 0.5) is 4.39 Å². The first-order chi connectivity index (χ1) is 13.1. The molecule has 0 saturated carbocycles. The normalized spacial score (nSPS) is 12.3. The molecule has 0 fully saturated rings. The number of hydrazine groups is 1. The van der Waals surface area contributed by atoms with Gasteiger partial charge in [0, 0.05) is 19.7 Å². The molecule has 2 aromatic carbocycles. The van der Waals surface area contributed by atoms with Crippen LogP contribution < -0.4 is 15.6 Å². The van der Waals surface area contributed by atoms with Gasteiger partial charge in [0.25, 0.3) is 11.8 Å². The van der Waals surface area contributed by atoms with E-state index in [2.05, 4.69) is 10.9 Å². The zero-order valence-electron chi connectivity index (χ0n) is 15.5. The third-order valence-electron chi connectivity index (χ3n) is 3.69. The number of hydrogen-bond acceptors (Lipinski definition) is 5. The molecule has 8 nitrogen and oxygen atoms in total. The molecule has 2 aromatic rings. The van der Waals surface area contributed by atoms with Crippen molar-refractivity contribution in [3.05, 3.63) is 59.9 Å². The quantitative estimate of drug-likeness (QED) is 0.700. The number of halogens is 1. The lowest BCUT2D eigenvalue weighted by molar-refractivity contribution is -0.128. The number of ether oxygens (including phenoxy) is 1. The molecule has 10 heteroatoms. The van der Waals surface area contributed by atoms with Gasteiger partial charge in [-0.15, -0.1) is 0 Å². The van der Waals surface area contributed by atoms with Gasteiger partial charge in [0.1, 0.15) is 11.6 Å². The minimum atomic E-state index is -3.60. The molecule has 0 aromatic heterocycles. The van der Waals surface area contributed by atoms with Gasteiger partial charge in [-0.3, -0.25) is 20.4 Å². The predicted molar refractivity (Wildman–Crippen MR) is 99.4 cm³/mol. The molecule has 0 heterocycles. The highest BCUT2D eigenvalue weighted by Crippen LogP contribution is 2.14. The number of rotatable bonds is 6. The summed E-state index contributed by atoms with van der Waals surface area (Å²) in [5.41, 5.74) is 4.59. The highest BCUT2D eigenvalue weighted by molar-refractivity contribution is 7.89. The summed E-state index contributed by atoms with van der Waals surface area (Å²) in [7, 11) is -0.790. The predicted octanol–water partition coefficient (Wildman–Crippen LogP) is 1.30. The Kier molecular flexibility index (Phi) is 6.71. The number of hydrogen-bond donors (Lipinski definition) is 2. The summed E-state index contributed by atoms with van der Waals surface area (Å²) in [6, 6.07) is 10.4. The van der Waals surface area contributed by atoms with E-state index in [-0.39, 0.29) is 10.5 Å². The fourth-order valence-electron chi connectivity index (χ4n) is 2.05. The molecule has 0 aliphatic carbocycles. The number of carbonyl (C=O) groups excluding carboxylic acids is 2. The first-order valence-electron chi connectivity index (χ1n) is 8.16. The topological polar surface area (TPSA) is 105 Å². The summed E-state index contributed by atoms with van der Waals surface area (Å²) in [5.74, 6) is -1.38. The standard InChI is InChI=1S/C18H20FN3O5S/c1-12(27-15-8-6-14(19)7-9-15)17(23)20-21-18(24)13-4-10-16(11-5-13)28(25,26)22(2)3/h4-12H,1-3H3,(H,20,23)(H,21,24)/t12-/m1/s1. The SMILES string of the molecule is C[C@@H](Oc1ccc(F)cc1)C(=O)NNC(=O)c1ccc(S(=O)(=O)N(C)C)cc1. The maximum absolute atomic E-state index is 12.9. The van der Waals surface area contributed by atoms with E-state index < -0.39 is 33.8 Å². The van der Waals surface area contributed by atoms with Crippen molar-refractivity contribution in [3.8, 4) is 5.75 Å². The van der Waals surface area contributed by atoms with Crippen LogP contribution in [0.5, 0.6) is 5.75 Å². The largest absolute Gasteiger partial charge is 0.481 e. The van der Waals surface area contributed by atoms with E-state index in [0.29, 0.717) is 5.75 Å². The number of nitrogens with zero attached hydrogens (tertiary/aromatic N) is 1. The summed E-state index contributed by atoms with van der Waals surface area (Å²) >= 11 is 0. The third-order valence-corrected chi connectivity index (χ3v) is 5.52. The van der Waals surface area contributed by atoms with E-state index in [9.17, 15) is 22.4 Å². The number of sulfonamides is 1. The maximum atomic E-state index is 12.9. The second-order valence-corrected chi connectivity index (χ2v) is 8.12. The lowest BCUT2D eigenvalue weighted by Crippen LogP contribution is -2.47. The van der Waals surface area contributed by atoms with Crippen LogP contribution in [0, 0.1) is 5.82 Å². The number of benzene rings is 2. The van der Waals surface area contributed by atoms with Crippen molar-refractivity contribution in [1.82, 2.24) is 15.2 Å². The maximum Gasteiger partial charge on any atom is 0.279 e. The average Bonchev–Trinajstić information content (AvgIpc) is 2.67. The molecule has 0 saturated heterocycles. The molecule has 0 aliphatic heterocycles.